The van der Waals surface area contributed by atoms with E-state index in [0.29, 0.717) is 37.8 Å². The lowest BCUT2D eigenvalue weighted by Crippen LogP contribution is -2.42. The molecule has 2 unspecified atom stereocenters. The predicted molar refractivity (Wildman–Crippen MR) is 105 cm³/mol. The fourth-order valence-electron chi connectivity index (χ4n) is 3.43. The monoisotopic (exact) mass is 380 g/mol. The van der Waals surface area contributed by atoms with Gasteiger partial charge in [0.25, 0.3) is 5.91 Å². The molecule has 0 aliphatic carbocycles. The molecule has 0 fully saturated rings. The first kappa shape index (κ1) is 19.6. The van der Waals surface area contributed by atoms with Gasteiger partial charge in [-0.15, -0.1) is 0 Å². The lowest BCUT2D eigenvalue weighted by molar-refractivity contribution is -0.130. The van der Waals surface area contributed by atoms with Gasteiger partial charge in [0, 0.05) is 13.0 Å². The average molecular weight is 380 g/mol. The number of ether oxygens (including phenoxy) is 1. The Morgan fingerprint density at radius 1 is 1.04 bits per heavy atom. The van der Waals surface area contributed by atoms with Crippen molar-refractivity contribution in [2.75, 3.05) is 13.1 Å². The molecule has 1 heterocycles. The van der Waals surface area contributed by atoms with Crippen molar-refractivity contribution in [2.24, 2.45) is 0 Å². The summed E-state index contributed by atoms with van der Waals surface area (Å²) in [6.45, 7) is 0.494. The second kappa shape index (κ2) is 9.69. The summed E-state index contributed by atoms with van der Waals surface area (Å²) in [6.07, 6.45) is 1.57. The van der Waals surface area contributed by atoms with Crippen LogP contribution in [0.1, 0.15) is 29.9 Å². The van der Waals surface area contributed by atoms with Crippen LogP contribution in [0.15, 0.2) is 54.6 Å². The topological polar surface area (TPSA) is 84.5 Å². The molecule has 3 rings (SSSR count). The molecule has 0 bridgehead atoms. The van der Waals surface area contributed by atoms with Gasteiger partial charge in [-0.2, -0.15) is 0 Å². The van der Waals surface area contributed by atoms with Crippen LogP contribution in [-0.2, 0) is 20.8 Å². The van der Waals surface area contributed by atoms with Gasteiger partial charge in [0.1, 0.15) is 12.0 Å². The molecular formula is C22H24N2O4. The number of nitrogens with one attached hydrogen (secondary N) is 2. The highest BCUT2D eigenvalue weighted by molar-refractivity contribution is 5.83. The molecule has 2 aromatic carbocycles. The number of carbonyl (C=O) groups excluding carboxylic acids is 3. The lowest BCUT2D eigenvalue weighted by Gasteiger charge is -2.31. The van der Waals surface area contributed by atoms with E-state index in [9.17, 15) is 14.4 Å². The zero-order chi connectivity index (χ0) is 19.8. The Hall–Kier alpha value is -3.15. The summed E-state index contributed by atoms with van der Waals surface area (Å²) in [5, 5.41) is 5.51. The number of fused-ring (bicyclic) bond motifs is 1. The van der Waals surface area contributed by atoms with Gasteiger partial charge in [0.2, 0.25) is 5.91 Å². The van der Waals surface area contributed by atoms with E-state index in [1.54, 1.807) is 0 Å². The smallest absolute Gasteiger partial charge is 0.261 e. The quantitative estimate of drug-likeness (QED) is 0.686. The van der Waals surface area contributed by atoms with Gasteiger partial charge in [-0.25, -0.2) is 0 Å². The molecule has 6 heteroatoms. The second-order valence-electron chi connectivity index (χ2n) is 6.79. The summed E-state index contributed by atoms with van der Waals surface area (Å²) >= 11 is 0. The lowest BCUT2D eigenvalue weighted by atomic mass is 9.87. The Balaban J connectivity index is 1.57. The molecule has 0 spiro atoms. The van der Waals surface area contributed by atoms with Crippen LogP contribution in [0.2, 0.25) is 0 Å². The summed E-state index contributed by atoms with van der Waals surface area (Å²) in [4.78, 5) is 34.9. The van der Waals surface area contributed by atoms with Crippen LogP contribution >= 0.6 is 0 Å². The SMILES string of the molecule is O=CCNC(=O)C1CC(CCNC(=O)Cc2ccccc2)c2ccccc2O1. The summed E-state index contributed by atoms with van der Waals surface area (Å²) < 4.78 is 5.81. The number of hydrogen-bond donors (Lipinski definition) is 2. The molecule has 146 valence electrons. The van der Waals surface area contributed by atoms with Crippen molar-refractivity contribution < 1.29 is 19.1 Å². The normalized spacial score (nSPS) is 17.7. The van der Waals surface area contributed by atoms with Gasteiger partial charge in [-0.3, -0.25) is 9.59 Å². The molecule has 0 saturated heterocycles. The van der Waals surface area contributed by atoms with Crippen LogP contribution < -0.4 is 15.4 Å². The highest BCUT2D eigenvalue weighted by Crippen LogP contribution is 2.37. The Kier molecular flexibility index (Phi) is 6.78. The van der Waals surface area contributed by atoms with Crippen LogP contribution in [0.25, 0.3) is 0 Å². The average Bonchev–Trinajstić information content (AvgIpc) is 2.72. The van der Waals surface area contributed by atoms with E-state index in [2.05, 4.69) is 10.6 Å². The number of hydrogen-bond acceptors (Lipinski definition) is 4. The highest BCUT2D eigenvalue weighted by Gasteiger charge is 2.32. The van der Waals surface area contributed by atoms with Crippen molar-refractivity contribution in [2.45, 2.75) is 31.3 Å². The second-order valence-corrected chi connectivity index (χ2v) is 6.79. The molecule has 1 aliphatic rings. The van der Waals surface area contributed by atoms with E-state index in [1.807, 2.05) is 54.6 Å². The van der Waals surface area contributed by atoms with Crippen LogP contribution in [0.5, 0.6) is 5.75 Å². The third-order valence-electron chi connectivity index (χ3n) is 4.80. The molecule has 0 radical (unpaired) electrons. The van der Waals surface area contributed by atoms with Crippen molar-refractivity contribution in [3.8, 4) is 5.75 Å². The maximum atomic E-state index is 12.2. The number of aldehydes is 1. The first-order valence-electron chi connectivity index (χ1n) is 9.45. The van der Waals surface area contributed by atoms with Gasteiger partial charge in [-0.05, 0) is 29.5 Å². The summed E-state index contributed by atoms with van der Waals surface area (Å²) in [6, 6.07) is 17.2. The minimum atomic E-state index is -0.639. The van der Waals surface area contributed by atoms with E-state index >= 15 is 0 Å². The minimum Gasteiger partial charge on any atom is -0.480 e. The Morgan fingerprint density at radius 2 is 1.79 bits per heavy atom. The maximum Gasteiger partial charge on any atom is 0.261 e. The van der Waals surface area contributed by atoms with E-state index in [4.69, 9.17) is 4.74 Å². The molecule has 0 saturated carbocycles. The van der Waals surface area contributed by atoms with E-state index < -0.39 is 6.10 Å². The predicted octanol–water partition coefficient (Wildman–Crippen LogP) is 1.99. The van der Waals surface area contributed by atoms with Crippen molar-refractivity contribution in [3.63, 3.8) is 0 Å². The van der Waals surface area contributed by atoms with Crippen LogP contribution in [-0.4, -0.2) is 37.3 Å². The third-order valence-corrected chi connectivity index (χ3v) is 4.80. The largest absolute Gasteiger partial charge is 0.480 e. The first-order chi connectivity index (χ1) is 13.7. The summed E-state index contributed by atoms with van der Waals surface area (Å²) in [7, 11) is 0. The van der Waals surface area contributed by atoms with Gasteiger partial charge in [0.05, 0.1) is 13.0 Å². The molecule has 6 nitrogen and oxygen atoms in total. The number of carbonyl (C=O) groups is 3. The van der Waals surface area contributed by atoms with Crippen molar-refractivity contribution >= 4 is 18.1 Å². The van der Waals surface area contributed by atoms with Crippen LogP contribution in [0, 0.1) is 0 Å². The summed E-state index contributed by atoms with van der Waals surface area (Å²) in [5.74, 6) is 0.459. The van der Waals surface area contributed by atoms with Crippen molar-refractivity contribution in [1.82, 2.24) is 10.6 Å². The highest BCUT2D eigenvalue weighted by atomic mass is 16.5. The fourth-order valence-corrected chi connectivity index (χ4v) is 3.43. The van der Waals surface area contributed by atoms with Crippen LogP contribution in [0.3, 0.4) is 0 Å². The minimum absolute atomic E-state index is 0.0215. The molecule has 2 aromatic rings. The Labute approximate surface area is 164 Å². The molecular weight excluding hydrogens is 356 g/mol. The fraction of sp³-hybridized carbons (Fsp3) is 0.318. The number of amides is 2. The van der Waals surface area contributed by atoms with Gasteiger partial charge in [0.15, 0.2) is 6.10 Å². The van der Waals surface area contributed by atoms with Gasteiger partial charge < -0.3 is 20.2 Å². The molecule has 28 heavy (non-hydrogen) atoms. The molecule has 2 N–H and O–H groups in total. The first-order valence-corrected chi connectivity index (χ1v) is 9.45. The number of rotatable bonds is 8. The van der Waals surface area contributed by atoms with Gasteiger partial charge >= 0.3 is 0 Å². The Morgan fingerprint density at radius 3 is 2.57 bits per heavy atom. The summed E-state index contributed by atoms with van der Waals surface area (Å²) in [5.41, 5.74) is 2.02. The van der Waals surface area contributed by atoms with E-state index in [-0.39, 0.29) is 24.3 Å². The Bertz CT molecular complexity index is 822. The zero-order valence-corrected chi connectivity index (χ0v) is 15.6. The molecule has 0 aromatic heterocycles. The number of benzene rings is 2. The van der Waals surface area contributed by atoms with Crippen molar-refractivity contribution in [1.29, 1.82) is 0 Å². The third kappa shape index (κ3) is 5.19. The van der Waals surface area contributed by atoms with Crippen LogP contribution in [0.4, 0.5) is 0 Å². The number of para-hydroxylation sites is 1. The van der Waals surface area contributed by atoms with E-state index in [0.717, 1.165) is 11.1 Å². The maximum absolute atomic E-state index is 12.2. The van der Waals surface area contributed by atoms with Gasteiger partial charge in [-0.1, -0.05) is 48.5 Å². The van der Waals surface area contributed by atoms with Crippen molar-refractivity contribution in [3.05, 3.63) is 65.7 Å². The zero-order valence-electron chi connectivity index (χ0n) is 15.6. The standard InChI is InChI=1S/C22H24N2O4/c25-13-12-24-22(27)20-15-17(18-8-4-5-9-19(18)28-20)10-11-23-21(26)14-16-6-2-1-3-7-16/h1-9,13,17,20H,10-12,14-15H2,(H,23,26)(H,24,27). The molecule has 2 atom stereocenters. The molecule has 1 aliphatic heterocycles. The molecule has 2 amide bonds. The van der Waals surface area contributed by atoms with E-state index in [1.165, 1.54) is 0 Å².